The molecule has 0 amide bonds. The molecule has 0 unspecified atom stereocenters. The normalized spacial score (nSPS) is 15.7. The van der Waals surface area contributed by atoms with Gasteiger partial charge in [0.2, 0.25) is 0 Å². The quantitative estimate of drug-likeness (QED) is 0.419. The van der Waals surface area contributed by atoms with Crippen LogP contribution in [0.3, 0.4) is 0 Å². The van der Waals surface area contributed by atoms with Gasteiger partial charge in [0, 0.05) is 18.7 Å². The molecule has 5 nitrogen and oxygen atoms in total. The monoisotopic (exact) mass is 455 g/mol. The molecule has 1 aliphatic heterocycles. The molecular weight excluding hydrogens is 431 g/mol. The van der Waals surface area contributed by atoms with Crippen LogP contribution in [0.25, 0.3) is 0 Å². The molecule has 0 atom stereocenters. The first-order valence-electron chi connectivity index (χ1n) is 7.76. The Hall–Kier alpha value is -1.32. The van der Waals surface area contributed by atoms with Gasteiger partial charge in [-0.1, -0.05) is 12.8 Å². The van der Waals surface area contributed by atoms with Crippen LogP contribution in [0.15, 0.2) is 23.2 Å². The third kappa shape index (κ3) is 6.29. The van der Waals surface area contributed by atoms with Crippen molar-refractivity contribution in [2.24, 2.45) is 10.7 Å². The van der Waals surface area contributed by atoms with Crippen LogP contribution in [0, 0.1) is 0 Å². The molecule has 1 fully saturated rings. The van der Waals surface area contributed by atoms with Gasteiger partial charge in [-0.3, -0.25) is 0 Å². The van der Waals surface area contributed by atoms with Gasteiger partial charge in [-0.2, -0.15) is 8.78 Å². The highest BCUT2D eigenvalue weighted by molar-refractivity contribution is 14.0. The fourth-order valence-electron chi connectivity index (χ4n) is 2.58. The number of aliphatic imine (C=N–C) groups is 1. The highest BCUT2D eigenvalue weighted by Gasteiger charge is 2.13. The summed E-state index contributed by atoms with van der Waals surface area (Å²) in [6.07, 6.45) is 4.59. The Morgan fingerprint density at radius 1 is 1.25 bits per heavy atom. The Kier molecular flexibility index (Phi) is 9.09. The van der Waals surface area contributed by atoms with Gasteiger partial charge < -0.3 is 20.1 Å². The summed E-state index contributed by atoms with van der Waals surface area (Å²) in [5.74, 6) is 1.09. The van der Waals surface area contributed by atoms with Gasteiger partial charge in [0.1, 0.15) is 11.5 Å². The van der Waals surface area contributed by atoms with E-state index in [2.05, 4.69) is 9.73 Å². The van der Waals surface area contributed by atoms with Gasteiger partial charge in [-0.25, -0.2) is 4.99 Å². The molecule has 1 aliphatic rings. The van der Waals surface area contributed by atoms with Crippen LogP contribution >= 0.6 is 24.0 Å². The van der Waals surface area contributed by atoms with Crippen LogP contribution in [0.5, 0.6) is 11.5 Å². The predicted molar refractivity (Wildman–Crippen MR) is 100 cm³/mol. The number of ether oxygens (including phenoxy) is 2. The number of guanidine groups is 1. The predicted octanol–water partition coefficient (Wildman–Crippen LogP) is 3.61. The zero-order valence-electron chi connectivity index (χ0n) is 13.7. The molecule has 2 N–H and O–H groups in total. The molecule has 0 radical (unpaired) electrons. The lowest BCUT2D eigenvalue weighted by Crippen LogP contribution is -2.38. The maximum absolute atomic E-state index is 12.5. The van der Waals surface area contributed by atoms with Gasteiger partial charge in [-0.15, -0.1) is 24.0 Å². The van der Waals surface area contributed by atoms with E-state index in [-0.39, 0.29) is 36.3 Å². The van der Waals surface area contributed by atoms with Crippen LogP contribution in [0.1, 0.15) is 31.2 Å². The van der Waals surface area contributed by atoms with Crippen LogP contribution in [0.2, 0.25) is 0 Å². The van der Waals surface area contributed by atoms with E-state index in [9.17, 15) is 8.78 Å². The zero-order valence-corrected chi connectivity index (χ0v) is 16.0. The first-order chi connectivity index (χ1) is 11.1. The van der Waals surface area contributed by atoms with Gasteiger partial charge >= 0.3 is 6.61 Å². The van der Waals surface area contributed by atoms with E-state index in [0.717, 1.165) is 25.9 Å². The van der Waals surface area contributed by atoms with Crippen molar-refractivity contribution in [3.8, 4) is 11.5 Å². The third-order valence-corrected chi connectivity index (χ3v) is 3.83. The fraction of sp³-hybridized carbons (Fsp3) is 0.562. The first kappa shape index (κ1) is 20.7. The van der Waals surface area contributed by atoms with Crippen molar-refractivity contribution in [2.75, 3.05) is 20.2 Å². The minimum absolute atomic E-state index is 0. The number of methoxy groups -OCH3 is 1. The smallest absolute Gasteiger partial charge is 0.387 e. The SMILES string of the molecule is COc1ccc(OC(F)F)c(CN=C(N)N2CCCCCC2)c1.I. The number of rotatable bonds is 5. The topological polar surface area (TPSA) is 60.1 Å². The molecule has 136 valence electrons. The van der Waals surface area contributed by atoms with Crippen LogP contribution in [-0.2, 0) is 6.54 Å². The maximum atomic E-state index is 12.5. The van der Waals surface area contributed by atoms with Crippen LogP contribution in [0.4, 0.5) is 8.78 Å². The number of alkyl halides is 2. The second-order valence-electron chi connectivity index (χ2n) is 5.43. The van der Waals surface area contributed by atoms with Crippen molar-refractivity contribution in [3.05, 3.63) is 23.8 Å². The average molecular weight is 455 g/mol. The van der Waals surface area contributed by atoms with E-state index < -0.39 is 6.61 Å². The minimum Gasteiger partial charge on any atom is -0.497 e. The van der Waals surface area contributed by atoms with Gasteiger partial charge in [-0.05, 0) is 31.0 Å². The summed E-state index contributed by atoms with van der Waals surface area (Å²) in [4.78, 5) is 6.39. The van der Waals surface area contributed by atoms with Gasteiger partial charge in [0.05, 0.1) is 13.7 Å². The number of nitrogens with two attached hydrogens (primary N) is 1. The van der Waals surface area contributed by atoms with Gasteiger partial charge in [0.15, 0.2) is 5.96 Å². The van der Waals surface area contributed by atoms with E-state index in [1.165, 1.54) is 26.0 Å². The van der Waals surface area contributed by atoms with Crippen molar-refractivity contribution in [1.82, 2.24) is 4.90 Å². The second-order valence-corrected chi connectivity index (χ2v) is 5.43. The molecule has 0 spiro atoms. The molecule has 24 heavy (non-hydrogen) atoms. The number of halogens is 3. The van der Waals surface area contributed by atoms with E-state index in [4.69, 9.17) is 10.5 Å². The van der Waals surface area contributed by atoms with Crippen molar-refractivity contribution in [3.63, 3.8) is 0 Å². The minimum atomic E-state index is -2.88. The van der Waals surface area contributed by atoms with E-state index in [1.54, 1.807) is 12.1 Å². The molecular formula is C16H24F2IN3O2. The summed E-state index contributed by atoms with van der Waals surface area (Å²) in [7, 11) is 1.52. The molecule has 1 aromatic carbocycles. The Balaban J connectivity index is 0.00000288. The van der Waals surface area contributed by atoms with Gasteiger partial charge in [0.25, 0.3) is 0 Å². The molecule has 1 aromatic rings. The second kappa shape index (κ2) is 10.5. The lowest BCUT2D eigenvalue weighted by Gasteiger charge is -2.21. The number of nitrogens with zero attached hydrogens (tertiary/aromatic N) is 2. The standard InChI is InChI=1S/C16H23F2N3O2.HI/c1-22-13-6-7-14(23-15(17)18)12(10-13)11-20-16(19)21-8-4-2-3-5-9-21;/h6-7,10,15H,2-5,8-9,11H2,1H3,(H2,19,20);1H. The number of benzene rings is 1. The Labute approximate surface area is 158 Å². The molecule has 0 bridgehead atoms. The van der Waals surface area contributed by atoms with Crippen molar-refractivity contribution >= 4 is 29.9 Å². The highest BCUT2D eigenvalue weighted by atomic mass is 127. The zero-order chi connectivity index (χ0) is 16.7. The van der Waals surface area contributed by atoms with E-state index in [0.29, 0.717) is 17.3 Å². The third-order valence-electron chi connectivity index (χ3n) is 3.83. The summed E-state index contributed by atoms with van der Waals surface area (Å²) in [5, 5.41) is 0. The van der Waals surface area contributed by atoms with Crippen molar-refractivity contribution in [1.29, 1.82) is 0 Å². The summed E-state index contributed by atoms with van der Waals surface area (Å²) < 4.78 is 34.6. The summed E-state index contributed by atoms with van der Waals surface area (Å²) in [6, 6.07) is 4.66. The Morgan fingerprint density at radius 2 is 1.92 bits per heavy atom. The Bertz CT molecular complexity index is 536. The largest absolute Gasteiger partial charge is 0.497 e. The maximum Gasteiger partial charge on any atom is 0.387 e. The number of likely N-dealkylation sites (tertiary alicyclic amines) is 1. The first-order valence-corrected chi connectivity index (χ1v) is 7.76. The van der Waals surface area contributed by atoms with E-state index >= 15 is 0 Å². The summed E-state index contributed by atoms with van der Waals surface area (Å²) in [6.45, 7) is -0.947. The summed E-state index contributed by atoms with van der Waals surface area (Å²) in [5.41, 5.74) is 6.56. The van der Waals surface area contributed by atoms with Crippen LogP contribution in [-0.4, -0.2) is 37.7 Å². The van der Waals surface area contributed by atoms with E-state index in [1.807, 2.05) is 4.90 Å². The number of hydrogen-bond donors (Lipinski definition) is 1. The average Bonchev–Trinajstić information content (AvgIpc) is 2.82. The van der Waals surface area contributed by atoms with Crippen molar-refractivity contribution in [2.45, 2.75) is 38.8 Å². The molecule has 2 rings (SSSR count). The molecule has 0 aromatic heterocycles. The van der Waals surface area contributed by atoms with Crippen LogP contribution < -0.4 is 15.2 Å². The Morgan fingerprint density at radius 3 is 2.50 bits per heavy atom. The molecule has 0 saturated carbocycles. The lowest BCUT2D eigenvalue weighted by molar-refractivity contribution is -0.0504. The van der Waals surface area contributed by atoms with Crippen molar-refractivity contribution < 1.29 is 18.3 Å². The highest BCUT2D eigenvalue weighted by Crippen LogP contribution is 2.26. The molecule has 0 aliphatic carbocycles. The molecule has 1 saturated heterocycles. The molecule has 1 heterocycles. The fourth-order valence-corrected chi connectivity index (χ4v) is 2.58. The lowest BCUT2D eigenvalue weighted by atomic mass is 10.2. The number of hydrogen-bond acceptors (Lipinski definition) is 3. The molecule has 8 heteroatoms. The summed E-state index contributed by atoms with van der Waals surface area (Å²) >= 11 is 0.